The van der Waals surface area contributed by atoms with Crippen molar-refractivity contribution in [3.63, 3.8) is 0 Å². The molecule has 0 unspecified atom stereocenters. The van der Waals surface area contributed by atoms with Gasteiger partial charge in [0.25, 0.3) is 0 Å². The first kappa shape index (κ1) is 20.4. The van der Waals surface area contributed by atoms with Crippen LogP contribution in [-0.2, 0) is 9.31 Å². The molecule has 0 aliphatic carbocycles. The molecule has 1 aromatic heterocycles. The second-order valence-electron chi connectivity index (χ2n) is 7.08. The van der Waals surface area contributed by atoms with E-state index in [4.69, 9.17) is 14.3 Å². The fourth-order valence-corrected chi connectivity index (χ4v) is 3.81. The molecule has 0 N–H and O–H groups in total. The van der Waals surface area contributed by atoms with Crippen LogP contribution in [0.4, 0.5) is 0 Å². The van der Waals surface area contributed by atoms with Gasteiger partial charge in [-0.15, -0.1) is 0 Å². The molecule has 1 aromatic carbocycles. The lowest BCUT2D eigenvalue weighted by Gasteiger charge is -2.22. The van der Waals surface area contributed by atoms with Crippen molar-refractivity contribution in [2.24, 2.45) is 4.99 Å². The summed E-state index contributed by atoms with van der Waals surface area (Å²) in [4.78, 5) is 4.87. The lowest BCUT2D eigenvalue weighted by atomic mass is 9.94. The zero-order chi connectivity index (χ0) is 20.3. The molecule has 0 radical (unpaired) electrons. The highest BCUT2D eigenvalue weighted by atomic mass is 16.6. The van der Waals surface area contributed by atoms with Crippen LogP contribution < -0.4 is 0 Å². The predicted octanol–water partition coefficient (Wildman–Crippen LogP) is 5.19. The number of rotatable bonds is 7. The van der Waals surface area contributed by atoms with Crippen LogP contribution in [0.2, 0.25) is 0 Å². The van der Waals surface area contributed by atoms with Crippen molar-refractivity contribution in [3.8, 4) is 0 Å². The number of benzene rings is 1. The molecule has 0 amide bonds. The van der Waals surface area contributed by atoms with Gasteiger partial charge in [-0.1, -0.05) is 30.3 Å². The SMILES string of the molecule is CCOB(OCC)n1c(C)cc(C)c1/C(=C1\N=C(C)C=C1C)c1ccccc1. The van der Waals surface area contributed by atoms with Crippen molar-refractivity contribution >= 4 is 18.5 Å². The summed E-state index contributed by atoms with van der Waals surface area (Å²) in [6, 6.07) is 12.6. The van der Waals surface area contributed by atoms with Gasteiger partial charge in [-0.2, -0.15) is 0 Å². The molecule has 0 bridgehead atoms. The van der Waals surface area contributed by atoms with Gasteiger partial charge in [0.05, 0.1) is 5.70 Å². The fourth-order valence-electron chi connectivity index (χ4n) is 3.81. The van der Waals surface area contributed by atoms with Gasteiger partial charge >= 0.3 is 7.25 Å². The topological polar surface area (TPSA) is 35.8 Å². The molecular weight excluding hydrogens is 347 g/mol. The van der Waals surface area contributed by atoms with Crippen molar-refractivity contribution in [3.05, 3.63) is 76.3 Å². The van der Waals surface area contributed by atoms with Gasteiger partial charge in [0.15, 0.2) is 0 Å². The third-order valence-electron chi connectivity index (χ3n) is 4.87. The third kappa shape index (κ3) is 3.91. The van der Waals surface area contributed by atoms with E-state index in [2.05, 4.69) is 61.7 Å². The molecule has 0 atom stereocenters. The van der Waals surface area contributed by atoms with Crippen molar-refractivity contribution in [2.45, 2.75) is 41.5 Å². The van der Waals surface area contributed by atoms with Gasteiger partial charge in [-0.25, -0.2) is 0 Å². The molecule has 3 rings (SSSR count). The predicted molar refractivity (Wildman–Crippen MR) is 118 cm³/mol. The van der Waals surface area contributed by atoms with E-state index in [1.165, 1.54) is 11.1 Å². The van der Waals surface area contributed by atoms with Gasteiger partial charge in [-0.05, 0) is 70.4 Å². The van der Waals surface area contributed by atoms with E-state index < -0.39 is 7.25 Å². The first-order valence-electron chi connectivity index (χ1n) is 9.93. The Kier molecular flexibility index (Phi) is 6.37. The van der Waals surface area contributed by atoms with E-state index in [1.54, 1.807) is 0 Å². The standard InChI is InChI=1S/C23H29BN2O2/c1-7-27-24(28-8-2)26-19(6)15-17(4)23(26)21(20-12-10-9-11-13-20)22-16(3)14-18(5)25-22/h9-15H,7-8H2,1-6H3/b22-21-. The van der Waals surface area contributed by atoms with Crippen LogP contribution in [0.3, 0.4) is 0 Å². The highest BCUT2D eigenvalue weighted by Crippen LogP contribution is 2.36. The molecule has 0 fully saturated rings. The summed E-state index contributed by atoms with van der Waals surface area (Å²) in [6.45, 7) is 13.5. The Bertz CT molecular complexity index is 933. The first-order chi connectivity index (χ1) is 13.5. The maximum absolute atomic E-state index is 5.97. The maximum atomic E-state index is 5.97. The van der Waals surface area contributed by atoms with Crippen LogP contribution in [0.1, 0.15) is 50.2 Å². The highest BCUT2D eigenvalue weighted by Gasteiger charge is 2.30. The smallest absolute Gasteiger partial charge is 0.392 e. The maximum Gasteiger partial charge on any atom is 0.597 e. The Morgan fingerprint density at radius 1 is 1.00 bits per heavy atom. The largest absolute Gasteiger partial charge is 0.597 e. The first-order valence-corrected chi connectivity index (χ1v) is 9.93. The van der Waals surface area contributed by atoms with Gasteiger partial charge in [0.2, 0.25) is 0 Å². The van der Waals surface area contributed by atoms with Crippen LogP contribution in [0.15, 0.2) is 58.7 Å². The monoisotopic (exact) mass is 376 g/mol. The molecule has 1 aliphatic rings. The van der Waals surface area contributed by atoms with E-state index in [-0.39, 0.29) is 0 Å². The average molecular weight is 376 g/mol. The van der Waals surface area contributed by atoms with Gasteiger partial charge in [0, 0.05) is 35.9 Å². The Balaban J connectivity index is 2.32. The summed E-state index contributed by atoms with van der Waals surface area (Å²) in [5.41, 5.74) is 8.84. The van der Waals surface area contributed by atoms with E-state index in [1.807, 2.05) is 26.8 Å². The summed E-state index contributed by atoms with van der Waals surface area (Å²) < 4.78 is 14.1. The molecule has 28 heavy (non-hydrogen) atoms. The van der Waals surface area contributed by atoms with Crippen LogP contribution >= 0.6 is 0 Å². The van der Waals surface area contributed by atoms with E-state index in [0.717, 1.165) is 33.9 Å². The number of aliphatic imine (C=N–C) groups is 1. The number of aryl methyl sites for hydroxylation is 2. The second kappa shape index (κ2) is 8.76. The van der Waals surface area contributed by atoms with E-state index >= 15 is 0 Å². The van der Waals surface area contributed by atoms with Crippen LogP contribution in [0, 0.1) is 13.8 Å². The van der Waals surface area contributed by atoms with Crippen molar-refractivity contribution in [2.75, 3.05) is 13.2 Å². The molecule has 4 nitrogen and oxygen atoms in total. The minimum atomic E-state index is -0.464. The summed E-state index contributed by atoms with van der Waals surface area (Å²) in [5, 5.41) is 0. The summed E-state index contributed by atoms with van der Waals surface area (Å²) >= 11 is 0. The molecule has 2 heterocycles. The number of nitrogens with zero attached hydrogens (tertiary/aromatic N) is 2. The Morgan fingerprint density at radius 2 is 1.64 bits per heavy atom. The second-order valence-corrected chi connectivity index (χ2v) is 7.08. The van der Waals surface area contributed by atoms with Crippen LogP contribution in [0.25, 0.3) is 5.57 Å². The molecule has 0 spiro atoms. The summed E-state index contributed by atoms with van der Waals surface area (Å²) in [5.74, 6) is 0. The zero-order valence-corrected chi connectivity index (χ0v) is 17.7. The lowest BCUT2D eigenvalue weighted by Crippen LogP contribution is -2.34. The van der Waals surface area contributed by atoms with Gasteiger partial charge in [0.1, 0.15) is 0 Å². The number of hydrogen-bond donors (Lipinski definition) is 0. The van der Waals surface area contributed by atoms with Crippen LogP contribution in [0.5, 0.6) is 0 Å². The normalized spacial score (nSPS) is 15.5. The van der Waals surface area contributed by atoms with Crippen molar-refractivity contribution < 1.29 is 9.31 Å². The molecule has 0 saturated carbocycles. The molecule has 146 valence electrons. The molecule has 1 aliphatic heterocycles. The van der Waals surface area contributed by atoms with Gasteiger partial charge in [-0.3, -0.25) is 4.99 Å². The summed E-state index contributed by atoms with van der Waals surface area (Å²) in [6.07, 6.45) is 2.14. The highest BCUT2D eigenvalue weighted by molar-refractivity contribution is 6.43. The number of aromatic nitrogens is 1. The molecule has 0 saturated heterocycles. The Hall–Kier alpha value is -2.37. The Labute approximate surface area is 168 Å². The van der Waals surface area contributed by atoms with Crippen LogP contribution in [-0.4, -0.2) is 30.7 Å². The van der Waals surface area contributed by atoms with Crippen molar-refractivity contribution in [1.29, 1.82) is 0 Å². The molecule has 5 heteroatoms. The molecular formula is C23H29BN2O2. The zero-order valence-electron chi connectivity index (χ0n) is 17.7. The third-order valence-corrected chi connectivity index (χ3v) is 4.87. The fraction of sp³-hybridized carbons (Fsp3) is 0.348. The van der Waals surface area contributed by atoms with E-state index in [9.17, 15) is 0 Å². The lowest BCUT2D eigenvalue weighted by molar-refractivity contribution is 0.204. The van der Waals surface area contributed by atoms with E-state index in [0.29, 0.717) is 13.2 Å². The van der Waals surface area contributed by atoms with Crippen molar-refractivity contribution in [1.82, 2.24) is 4.48 Å². The minimum Gasteiger partial charge on any atom is -0.392 e. The Morgan fingerprint density at radius 3 is 2.18 bits per heavy atom. The minimum absolute atomic E-state index is 0.464. The van der Waals surface area contributed by atoms with Gasteiger partial charge < -0.3 is 13.8 Å². The quantitative estimate of drug-likeness (QED) is 0.624. The molecule has 2 aromatic rings. The average Bonchev–Trinajstić information content (AvgIpc) is 3.14. The summed E-state index contributed by atoms with van der Waals surface area (Å²) in [7, 11) is -0.464. The number of allylic oxidation sites excluding steroid dienone is 2. The number of hydrogen-bond acceptors (Lipinski definition) is 3.